The van der Waals surface area contributed by atoms with Gasteiger partial charge < -0.3 is 15.8 Å². The SMILES string of the molecule is CCn1ncc(-c2ccc([C@@]3(CC(C)(C)C)N=C(N)N([C@H](COC(=O)NC4(CF)CC4)c4ccc(Cl)c(-c5ncnn5C(F)F)c4)C3=O)c(F)c2)n1. The van der Waals surface area contributed by atoms with Gasteiger partial charge in [-0.25, -0.2) is 23.6 Å². The summed E-state index contributed by atoms with van der Waals surface area (Å²) in [5.41, 5.74) is 4.11. The van der Waals surface area contributed by atoms with E-state index in [2.05, 4.69) is 30.6 Å². The number of halogens is 5. The maximum Gasteiger partial charge on any atom is 0.407 e. The number of aryl methyl sites for hydroxylation is 1. The first-order valence-electron chi connectivity index (χ1n) is 16.5. The number of aromatic nitrogens is 6. The Morgan fingerprint density at radius 1 is 1.15 bits per heavy atom. The van der Waals surface area contributed by atoms with E-state index >= 15 is 4.39 Å². The van der Waals surface area contributed by atoms with Gasteiger partial charge in [0, 0.05) is 16.7 Å². The van der Waals surface area contributed by atoms with Gasteiger partial charge in [-0.05, 0) is 55.4 Å². The molecule has 6 rings (SSSR count). The Kier molecular flexibility index (Phi) is 9.76. The highest BCUT2D eigenvalue weighted by atomic mass is 35.5. The van der Waals surface area contributed by atoms with Crippen molar-refractivity contribution in [3.63, 3.8) is 0 Å². The fourth-order valence-corrected chi connectivity index (χ4v) is 6.53. The molecule has 3 heterocycles. The predicted molar refractivity (Wildman–Crippen MR) is 182 cm³/mol. The standard InChI is InChI=1S/C34H37ClF4N10O3/c1-5-47-42-14-25(46-47)19-6-8-22(24(37)13-19)34(16-32(2,3)4)28(50)48(30(40)44-34)26(15-52-31(51)45-33(17-36)10-11-33)20-7-9-23(35)21(12-20)27-41-18-43-49(27)29(38)39/h6-9,12-14,18,26,29H,5,10-11,15-17H2,1-4H3,(H2,40,44)(H,45,51)/t26-,34-/m1/s1. The van der Waals surface area contributed by atoms with Crippen LogP contribution in [0.2, 0.25) is 5.02 Å². The Morgan fingerprint density at radius 3 is 2.52 bits per heavy atom. The van der Waals surface area contributed by atoms with Crippen molar-refractivity contribution in [3.05, 3.63) is 70.9 Å². The summed E-state index contributed by atoms with van der Waals surface area (Å²) in [5, 5.41) is 14.6. The molecule has 0 unspecified atom stereocenters. The van der Waals surface area contributed by atoms with Crippen molar-refractivity contribution in [2.75, 3.05) is 13.3 Å². The van der Waals surface area contributed by atoms with Crippen molar-refractivity contribution in [2.45, 2.75) is 77.2 Å². The molecule has 276 valence electrons. The molecule has 1 aliphatic carbocycles. The number of alkyl halides is 3. The van der Waals surface area contributed by atoms with Crippen LogP contribution in [0.1, 0.15) is 70.7 Å². The minimum absolute atomic E-state index is 0.00869. The molecule has 3 N–H and O–H groups in total. The second kappa shape index (κ2) is 13.8. The summed E-state index contributed by atoms with van der Waals surface area (Å²) in [4.78, 5) is 39.0. The van der Waals surface area contributed by atoms with Crippen LogP contribution in [-0.2, 0) is 21.6 Å². The van der Waals surface area contributed by atoms with Crippen LogP contribution in [0, 0.1) is 11.2 Å². The summed E-state index contributed by atoms with van der Waals surface area (Å²) in [5.74, 6) is -2.05. The summed E-state index contributed by atoms with van der Waals surface area (Å²) in [6.45, 7) is 3.57. The third kappa shape index (κ3) is 7.05. The second-order valence-corrected chi connectivity index (χ2v) is 14.5. The molecule has 2 atom stereocenters. The number of hydrogen-bond donors (Lipinski definition) is 2. The van der Waals surface area contributed by atoms with E-state index in [1.54, 1.807) is 6.07 Å². The van der Waals surface area contributed by atoms with Gasteiger partial charge in [0.25, 0.3) is 5.91 Å². The van der Waals surface area contributed by atoms with Crippen LogP contribution in [0.5, 0.6) is 0 Å². The van der Waals surface area contributed by atoms with Gasteiger partial charge in [-0.2, -0.15) is 33.6 Å². The number of nitrogens with two attached hydrogens (primary N) is 1. The lowest BCUT2D eigenvalue weighted by atomic mass is 9.75. The largest absolute Gasteiger partial charge is 0.447 e. The molecule has 2 amide bonds. The van der Waals surface area contributed by atoms with Gasteiger partial charge in [0.05, 0.1) is 29.3 Å². The van der Waals surface area contributed by atoms with Gasteiger partial charge in [0.15, 0.2) is 17.3 Å². The van der Waals surface area contributed by atoms with Gasteiger partial charge in [-0.3, -0.25) is 9.69 Å². The Hall–Kier alpha value is -5.06. The molecule has 0 spiro atoms. The molecular weight excluding hydrogens is 708 g/mol. The smallest absolute Gasteiger partial charge is 0.407 e. The molecule has 1 saturated carbocycles. The van der Waals surface area contributed by atoms with Crippen molar-refractivity contribution in [1.29, 1.82) is 0 Å². The van der Waals surface area contributed by atoms with Gasteiger partial charge in [-0.15, -0.1) is 0 Å². The van der Waals surface area contributed by atoms with Gasteiger partial charge in [-0.1, -0.05) is 50.6 Å². The lowest BCUT2D eigenvalue weighted by Crippen LogP contribution is -2.48. The minimum atomic E-state index is -3.05. The van der Waals surface area contributed by atoms with Crippen LogP contribution < -0.4 is 11.1 Å². The van der Waals surface area contributed by atoms with E-state index in [0.29, 0.717) is 35.3 Å². The summed E-state index contributed by atoms with van der Waals surface area (Å²) >= 11 is 6.45. The molecule has 52 heavy (non-hydrogen) atoms. The molecule has 2 aromatic carbocycles. The first-order chi connectivity index (χ1) is 24.6. The number of amides is 2. The van der Waals surface area contributed by atoms with E-state index in [1.165, 1.54) is 41.3 Å². The topological polar surface area (TPSA) is 158 Å². The number of nitrogens with zero attached hydrogens (tertiary/aromatic N) is 8. The number of nitrogens with one attached hydrogen (secondary N) is 1. The lowest BCUT2D eigenvalue weighted by Gasteiger charge is -2.35. The van der Waals surface area contributed by atoms with Crippen molar-refractivity contribution in [1.82, 2.24) is 40.0 Å². The number of hydrogen-bond acceptors (Lipinski definition) is 9. The van der Waals surface area contributed by atoms with Crippen LogP contribution >= 0.6 is 11.6 Å². The summed E-state index contributed by atoms with van der Waals surface area (Å²) in [6.07, 6.45) is 2.36. The van der Waals surface area contributed by atoms with Gasteiger partial charge >= 0.3 is 12.6 Å². The highest BCUT2D eigenvalue weighted by Crippen LogP contribution is 2.46. The minimum Gasteiger partial charge on any atom is -0.447 e. The maximum atomic E-state index is 16.3. The summed E-state index contributed by atoms with van der Waals surface area (Å²) < 4.78 is 63.5. The fourth-order valence-electron chi connectivity index (χ4n) is 6.32. The first kappa shape index (κ1) is 36.7. The van der Waals surface area contributed by atoms with Crippen LogP contribution in [0.25, 0.3) is 22.6 Å². The van der Waals surface area contributed by atoms with Crippen LogP contribution in [0.3, 0.4) is 0 Å². The van der Waals surface area contributed by atoms with Crippen LogP contribution in [0.15, 0.2) is 53.9 Å². The zero-order chi connectivity index (χ0) is 37.6. The molecule has 0 radical (unpaired) electrons. The summed E-state index contributed by atoms with van der Waals surface area (Å²) in [7, 11) is 0. The van der Waals surface area contributed by atoms with E-state index < -0.39 is 60.2 Å². The first-order valence-corrected chi connectivity index (χ1v) is 16.9. The zero-order valence-electron chi connectivity index (χ0n) is 28.8. The van der Waals surface area contributed by atoms with Crippen molar-refractivity contribution in [3.8, 4) is 22.6 Å². The molecule has 13 nitrogen and oxygen atoms in total. The van der Waals surface area contributed by atoms with E-state index in [0.717, 1.165) is 11.2 Å². The highest BCUT2D eigenvalue weighted by molar-refractivity contribution is 6.33. The van der Waals surface area contributed by atoms with E-state index in [1.807, 2.05) is 27.7 Å². The Morgan fingerprint density at radius 2 is 1.90 bits per heavy atom. The normalized spacial score (nSPS) is 18.8. The van der Waals surface area contributed by atoms with Crippen LogP contribution in [0.4, 0.5) is 22.4 Å². The third-order valence-corrected chi connectivity index (χ3v) is 9.30. The van der Waals surface area contributed by atoms with E-state index in [4.69, 9.17) is 22.1 Å². The van der Waals surface area contributed by atoms with E-state index in [-0.39, 0.29) is 39.9 Å². The maximum absolute atomic E-state index is 16.3. The molecule has 2 aliphatic rings. The molecule has 0 saturated heterocycles. The zero-order valence-corrected chi connectivity index (χ0v) is 29.5. The van der Waals surface area contributed by atoms with Crippen LogP contribution in [-0.4, -0.2) is 71.4 Å². The molecule has 1 fully saturated rings. The number of alkyl carbamates (subject to hydrolysis) is 1. The Bertz CT molecular complexity index is 2030. The second-order valence-electron chi connectivity index (χ2n) is 14.1. The van der Waals surface area contributed by atoms with Crippen molar-refractivity contribution in [2.24, 2.45) is 16.1 Å². The average Bonchev–Trinajstić information content (AvgIpc) is 3.38. The molecule has 2 aromatic heterocycles. The molecule has 4 aromatic rings. The Labute approximate surface area is 301 Å². The number of guanidine groups is 1. The fraction of sp³-hybridized carbons (Fsp3) is 0.441. The Balaban J connectivity index is 1.43. The molecule has 1 aliphatic heterocycles. The number of carbonyl (C=O) groups excluding carboxylic acids is 2. The number of carbonyl (C=O) groups is 2. The van der Waals surface area contributed by atoms with Crippen molar-refractivity contribution < 1.29 is 31.9 Å². The number of benzene rings is 2. The number of rotatable bonds is 12. The van der Waals surface area contributed by atoms with E-state index in [9.17, 15) is 22.8 Å². The average molecular weight is 745 g/mol. The molecule has 0 bridgehead atoms. The highest BCUT2D eigenvalue weighted by Gasteiger charge is 2.54. The quantitative estimate of drug-likeness (QED) is 0.163. The molecule has 18 heteroatoms. The van der Waals surface area contributed by atoms with Crippen molar-refractivity contribution >= 4 is 29.6 Å². The third-order valence-electron chi connectivity index (χ3n) is 8.98. The lowest BCUT2D eigenvalue weighted by molar-refractivity contribution is -0.135. The number of ether oxygens (including phenoxy) is 1. The number of aliphatic imine (C=N–C) groups is 1. The van der Waals surface area contributed by atoms with Gasteiger partial charge in [0.2, 0.25) is 0 Å². The monoisotopic (exact) mass is 744 g/mol. The van der Waals surface area contributed by atoms with Gasteiger partial charge in [0.1, 0.15) is 31.1 Å². The molecular formula is C34H37ClF4N10O3. The summed E-state index contributed by atoms with van der Waals surface area (Å²) in [6, 6.07) is 7.37. The predicted octanol–water partition coefficient (Wildman–Crippen LogP) is 6.17.